The fraction of sp³-hybridized carbons (Fsp3) is 0. The van der Waals surface area contributed by atoms with E-state index in [-0.39, 0.29) is 5.69 Å². The Morgan fingerprint density at radius 1 is 0.944 bits per heavy atom. The zero-order valence-electron chi connectivity index (χ0n) is 9.04. The first-order valence-corrected chi connectivity index (χ1v) is 4.71. The Kier molecular flexibility index (Phi) is 4.85. The molecular formula is C10H8N4O4. The van der Waals surface area contributed by atoms with Crippen molar-refractivity contribution in [3.8, 4) is 0 Å². The molecule has 8 heteroatoms. The van der Waals surface area contributed by atoms with Gasteiger partial charge in [0, 0.05) is 12.4 Å². The maximum absolute atomic E-state index is 10.1. The van der Waals surface area contributed by atoms with E-state index in [0.717, 1.165) is 18.3 Å². The number of hydrogen-bond donors (Lipinski definition) is 0. The maximum Gasteiger partial charge on any atom is 0.370 e. The number of hydrogen-bond acceptors (Lipinski definition) is 6. The van der Waals surface area contributed by atoms with Gasteiger partial charge in [0.05, 0.1) is 11.0 Å². The number of rotatable bonds is 2. The first-order chi connectivity index (χ1) is 8.61. The van der Waals surface area contributed by atoms with Crippen molar-refractivity contribution >= 4 is 11.5 Å². The first kappa shape index (κ1) is 13.2. The second-order valence-electron chi connectivity index (χ2n) is 2.91. The molecule has 0 bridgehead atoms. The predicted molar refractivity (Wildman–Crippen MR) is 61.8 cm³/mol. The van der Waals surface area contributed by atoms with Gasteiger partial charge in [-0.25, -0.2) is 0 Å². The van der Waals surface area contributed by atoms with Crippen LogP contribution in [0.2, 0.25) is 0 Å². The van der Waals surface area contributed by atoms with Crippen molar-refractivity contribution < 1.29 is 9.85 Å². The number of pyridine rings is 2. The van der Waals surface area contributed by atoms with E-state index in [0.29, 0.717) is 0 Å². The number of nitro groups is 2. The highest BCUT2D eigenvalue weighted by Gasteiger charge is 2.13. The van der Waals surface area contributed by atoms with Gasteiger partial charge in [-0.15, -0.1) is 0 Å². The van der Waals surface area contributed by atoms with Gasteiger partial charge in [-0.2, -0.15) is 0 Å². The lowest BCUT2D eigenvalue weighted by Crippen LogP contribution is -1.94. The van der Waals surface area contributed by atoms with Crippen molar-refractivity contribution in [2.45, 2.75) is 0 Å². The molecule has 0 N–H and O–H groups in total. The highest BCUT2D eigenvalue weighted by molar-refractivity contribution is 5.35. The van der Waals surface area contributed by atoms with Crippen molar-refractivity contribution in [3.05, 3.63) is 69.2 Å². The molecule has 0 saturated carbocycles. The fourth-order valence-electron chi connectivity index (χ4n) is 0.934. The Bertz CT molecular complexity index is 476. The van der Waals surface area contributed by atoms with Gasteiger partial charge >= 0.3 is 5.82 Å². The van der Waals surface area contributed by atoms with Crippen LogP contribution in [0.4, 0.5) is 11.5 Å². The van der Waals surface area contributed by atoms with Gasteiger partial charge in [-0.1, -0.05) is 6.07 Å². The largest absolute Gasteiger partial charge is 0.370 e. The first-order valence-electron chi connectivity index (χ1n) is 4.71. The lowest BCUT2D eigenvalue weighted by atomic mass is 10.4. The second-order valence-corrected chi connectivity index (χ2v) is 2.91. The summed E-state index contributed by atoms with van der Waals surface area (Å²) >= 11 is 0. The normalized spacial score (nSPS) is 8.89. The van der Waals surface area contributed by atoms with Gasteiger partial charge in [0.25, 0.3) is 5.69 Å². The third kappa shape index (κ3) is 4.31. The molecule has 0 aliphatic rings. The average Bonchev–Trinajstić information content (AvgIpc) is 2.41. The van der Waals surface area contributed by atoms with Crippen molar-refractivity contribution in [2.75, 3.05) is 0 Å². The second kappa shape index (κ2) is 6.63. The summed E-state index contributed by atoms with van der Waals surface area (Å²) in [6, 6.07) is 7.61. The predicted octanol–water partition coefficient (Wildman–Crippen LogP) is 1.98. The van der Waals surface area contributed by atoms with Crippen LogP contribution in [0.5, 0.6) is 0 Å². The Labute approximate surface area is 101 Å². The quantitative estimate of drug-likeness (QED) is 0.593. The van der Waals surface area contributed by atoms with Crippen LogP contribution in [0.3, 0.4) is 0 Å². The van der Waals surface area contributed by atoms with E-state index in [1.807, 2.05) is 18.2 Å². The standard InChI is InChI=1S/C5H3N3O4.C5H5N/c9-7(10)4-1-2-6-5(3-4)8(11)12;1-2-4-6-5-3-1/h1-3H;1-5H. The van der Waals surface area contributed by atoms with Gasteiger partial charge in [0.1, 0.15) is 12.3 Å². The van der Waals surface area contributed by atoms with Crippen LogP contribution in [0.1, 0.15) is 0 Å². The zero-order chi connectivity index (χ0) is 13.4. The highest BCUT2D eigenvalue weighted by Crippen LogP contribution is 2.15. The number of aromatic nitrogens is 2. The molecule has 2 aromatic rings. The molecule has 8 nitrogen and oxygen atoms in total. The molecule has 2 heterocycles. The molecule has 0 aromatic carbocycles. The summed E-state index contributed by atoms with van der Waals surface area (Å²) in [6.45, 7) is 0. The molecule has 0 spiro atoms. The molecular weight excluding hydrogens is 240 g/mol. The Morgan fingerprint density at radius 2 is 1.61 bits per heavy atom. The summed E-state index contributed by atoms with van der Waals surface area (Å²) in [5.41, 5.74) is -0.336. The summed E-state index contributed by atoms with van der Waals surface area (Å²) in [6.07, 6.45) is 4.52. The van der Waals surface area contributed by atoms with Crippen molar-refractivity contribution in [3.63, 3.8) is 0 Å². The molecule has 0 unspecified atom stereocenters. The molecule has 2 rings (SSSR count). The summed E-state index contributed by atoms with van der Waals surface area (Å²) in [4.78, 5) is 25.8. The minimum absolute atomic E-state index is 0.336. The van der Waals surface area contributed by atoms with Gasteiger partial charge in [-0.3, -0.25) is 15.1 Å². The average molecular weight is 248 g/mol. The molecule has 92 valence electrons. The van der Waals surface area contributed by atoms with Crippen LogP contribution >= 0.6 is 0 Å². The number of nitrogens with zero attached hydrogens (tertiary/aromatic N) is 4. The van der Waals surface area contributed by atoms with Crippen LogP contribution < -0.4 is 0 Å². The molecule has 0 aliphatic heterocycles. The summed E-state index contributed by atoms with van der Waals surface area (Å²) < 4.78 is 0. The van der Waals surface area contributed by atoms with Crippen molar-refractivity contribution in [1.82, 2.24) is 9.97 Å². The monoisotopic (exact) mass is 248 g/mol. The van der Waals surface area contributed by atoms with Crippen LogP contribution in [0, 0.1) is 20.2 Å². The van der Waals surface area contributed by atoms with E-state index in [2.05, 4.69) is 9.97 Å². The third-order valence-electron chi connectivity index (χ3n) is 1.69. The molecule has 0 saturated heterocycles. The van der Waals surface area contributed by atoms with E-state index in [1.54, 1.807) is 12.4 Å². The van der Waals surface area contributed by atoms with Gasteiger partial charge in [0.2, 0.25) is 0 Å². The minimum atomic E-state index is -0.785. The van der Waals surface area contributed by atoms with Gasteiger partial charge in [0.15, 0.2) is 0 Å². The van der Waals surface area contributed by atoms with Crippen LogP contribution in [-0.2, 0) is 0 Å². The minimum Gasteiger partial charge on any atom is -0.358 e. The van der Waals surface area contributed by atoms with E-state index >= 15 is 0 Å². The van der Waals surface area contributed by atoms with E-state index < -0.39 is 15.7 Å². The van der Waals surface area contributed by atoms with Crippen LogP contribution in [0.15, 0.2) is 48.9 Å². The third-order valence-corrected chi connectivity index (χ3v) is 1.69. The lowest BCUT2D eigenvalue weighted by molar-refractivity contribution is -0.397. The molecule has 0 radical (unpaired) electrons. The van der Waals surface area contributed by atoms with Gasteiger partial charge < -0.3 is 10.1 Å². The molecule has 0 atom stereocenters. The van der Waals surface area contributed by atoms with E-state index in [1.165, 1.54) is 0 Å². The van der Waals surface area contributed by atoms with Crippen LogP contribution in [0.25, 0.3) is 0 Å². The van der Waals surface area contributed by atoms with Crippen molar-refractivity contribution in [2.24, 2.45) is 0 Å². The SMILES string of the molecule is O=[N+]([O-])c1ccnc([N+](=O)[O-])c1.c1ccncc1. The zero-order valence-corrected chi connectivity index (χ0v) is 9.04. The molecule has 0 fully saturated rings. The summed E-state index contributed by atoms with van der Waals surface area (Å²) in [7, 11) is 0. The van der Waals surface area contributed by atoms with Crippen LogP contribution in [-0.4, -0.2) is 19.8 Å². The molecule has 0 aliphatic carbocycles. The molecule has 0 amide bonds. The molecule has 2 aromatic heterocycles. The highest BCUT2D eigenvalue weighted by atomic mass is 16.6. The molecule has 18 heavy (non-hydrogen) atoms. The van der Waals surface area contributed by atoms with E-state index in [9.17, 15) is 20.2 Å². The summed E-state index contributed by atoms with van der Waals surface area (Å²) in [5.74, 6) is -0.524. The maximum atomic E-state index is 10.1. The summed E-state index contributed by atoms with van der Waals surface area (Å²) in [5, 5.41) is 20.2. The van der Waals surface area contributed by atoms with Gasteiger partial charge in [-0.05, 0) is 22.0 Å². The lowest BCUT2D eigenvalue weighted by Gasteiger charge is -1.90. The van der Waals surface area contributed by atoms with E-state index in [4.69, 9.17) is 0 Å². The Balaban J connectivity index is 0.000000225. The fourth-order valence-corrected chi connectivity index (χ4v) is 0.934. The smallest absolute Gasteiger partial charge is 0.358 e. The topological polar surface area (TPSA) is 112 Å². The van der Waals surface area contributed by atoms with Crippen molar-refractivity contribution in [1.29, 1.82) is 0 Å². The Morgan fingerprint density at radius 3 is 2.00 bits per heavy atom. The Hall–Kier alpha value is -2.90.